The number of rotatable bonds is 4. The van der Waals surface area contributed by atoms with Crippen molar-refractivity contribution in [3.05, 3.63) is 64.1 Å². The molecule has 4 rings (SSSR count). The highest BCUT2D eigenvalue weighted by molar-refractivity contribution is 6.30. The van der Waals surface area contributed by atoms with Gasteiger partial charge < -0.3 is 9.47 Å². The number of benzene rings is 2. The van der Waals surface area contributed by atoms with E-state index in [9.17, 15) is 0 Å². The van der Waals surface area contributed by atoms with Gasteiger partial charge in [0, 0.05) is 10.0 Å². The Morgan fingerprint density at radius 2 is 1.38 bits per heavy atom. The molecule has 1 saturated carbocycles. The number of halogens is 2. The predicted octanol–water partition coefficient (Wildman–Crippen LogP) is 4.83. The van der Waals surface area contributed by atoms with Gasteiger partial charge in [-0.25, -0.2) is 0 Å². The van der Waals surface area contributed by atoms with Crippen LogP contribution in [0.2, 0.25) is 10.0 Å². The Morgan fingerprint density at radius 3 is 1.86 bits per heavy atom. The standard InChI is InChI=1S/C17H14Cl2O2/c18-13-3-1-12(2-4-13)17(11-20-17)16(9-10-16)21-15-7-5-14(19)6-8-15/h1-8H,9-11H2. The molecule has 1 saturated heterocycles. The average Bonchev–Trinajstić information content (AvgIpc) is 3.36. The van der Waals surface area contributed by atoms with Gasteiger partial charge in [-0.2, -0.15) is 0 Å². The van der Waals surface area contributed by atoms with Crippen molar-refractivity contribution in [2.75, 3.05) is 6.61 Å². The molecule has 21 heavy (non-hydrogen) atoms. The summed E-state index contributed by atoms with van der Waals surface area (Å²) >= 11 is 11.9. The minimum atomic E-state index is -0.322. The zero-order valence-corrected chi connectivity index (χ0v) is 12.8. The van der Waals surface area contributed by atoms with E-state index in [1.165, 1.54) is 0 Å². The van der Waals surface area contributed by atoms with E-state index < -0.39 is 0 Å². The van der Waals surface area contributed by atoms with Crippen LogP contribution in [0.4, 0.5) is 0 Å². The zero-order chi connectivity index (χ0) is 14.5. The van der Waals surface area contributed by atoms with Crippen molar-refractivity contribution in [3.8, 4) is 5.75 Å². The smallest absolute Gasteiger partial charge is 0.156 e. The third-order valence-electron chi connectivity index (χ3n) is 4.31. The van der Waals surface area contributed by atoms with Crippen LogP contribution in [0.3, 0.4) is 0 Å². The van der Waals surface area contributed by atoms with Crippen molar-refractivity contribution in [1.29, 1.82) is 0 Å². The van der Waals surface area contributed by atoms with Crippen molar-refractivity contribution in [3.63, 3.8) is 0 Å². The predicted molar refractivity (Wildman–Crippen MR) is 83.1 cm³/mol. The van der Waals surface area contributed by atoms with Crippen LogP contribution in [-0.4, -0.2) is 12.2 Å². The van der Waals surface area contributed by atoms with E-state index in [1.807, 2.05) is 48.5 Å². The molecule has 4 heteroatoms. The van der Waals surface area contributed by atoms with Gasteiger partial charge in [-0.3, -0.25) is 0 Å². The van der Waals surface area contributed by atoms with Gasteiger partial charge in [0.05, 0.1) is 6.61 Å². The SMILES string of the molecule is Clc1ccc(OC2(C3(c4ccc(Cl)cc4)CO3)CC2)cc1. The molecule has 0 radical (unpaired) electrons. The normalized spacial score (nSPS) is 25.4. The number of ether oxygens (including phenoxy) is 2. The summed E-state index contributed by atoms with van der Waals surface area (Å²) in [5.41, 5.74) is 0.560. The molecule has 1 atom stereocenters. The molecule has 1 aliphatic heterocycles. The van der Waals surface area contributed by atoms with Gasteiger partial charge in [-0.1, -0.05) is 35.3 Å². The van der Waals surface area contributed by atoms with E-state index in [0.717, 1.165) is 29.2 Å². The lowest BCUT2D eigenvalue weighted by Crippen LogP contribution is -2.35. The van der Waals surface area contributed by atoms with E-state index in [1.54, 1.807) is 0 Å². The molecule has 0 spiro atoms. The van der Waals surface area contributed by atoms with Crippen LogP contribution >= 0.6 is 23.2 Å². The Morgan fingerprint density at radius 1 is 0.857 bits per heavy atom. The molecule has 0 N–H and O–H groups in total. The van der Waals surface area contributed by atoms with Gasteiger partial charge in [0.25, 0.3) is 0 Å². The van der Waals surface area contributed by atoms with E-state index in [2.05, 4.69) is 0 Å². The molecule has 0 bridgehead atoms. The second-order valence-corrected chi connectivity index (χ2v) is 6.55. The molecule has 1 aliphatic carbocycles. The molecule has 1 unspecified atom stereocenters. The summed E-state index contributed by atoms with van der Waals surface area (Å²) in [6, 6.07) is 15.4. The Labute approximate surface area is 133 Å². The van der Waals surface area contributed by atoms with Crippen molar-refractivity contribution in [1.82, 2.24) is 0 Å². The van der Waals surface area contributed by atoms with Gasteiger partial charge >= 0.3 is 0 Å². The molecule has 2 aromatic rings. The minimum Gasteiger partial charge on any atom is -0.484 e. The number of epoxide rings is 1. The lowest BCUT2D eigenvalue weighted by atomic mass is 9.92. The van der Waals surface area contributed by atoms with Crippen LogP contribution in [0, 0.1) is 0 Å². The van der Waals surface area contributed by atoms with Gasteiger partial charge in [0.15, 0.2) is 5.60 Å². The average molecular weight is 321 g/mol. The maximum Gasteiger partial charge on any atom is 0.156 e. The Hall–Kier alpha value is -1.22. The van der Waals surface area contributed by atoms with Crippen LogP contribution in [0.1, 0.15) is 18.4 Å². The third kappa shape index (κ3) is 2.22. The highest BCUT2D eigenvalue weighted by atomic mass is 35.5. The molecule has 2 nitrogen and oxygen atoms in total. The largest absolute Gasteiger partial charge is 0.484 e. The Bertz CT molecular complexity index is 656. The highest BCUT2D eigenvalue weighted by Crippen LogP contribution is 2.61. The highest BCUT2D eigenvalue weighted by Gasteiger charge is 2.71. The van der Waals surface area contributed by atoms with E-state index in [0.29, 0.717) is 11.6 Å². The van der Waals surface area contributed by atoms with Crippen LogP contribution in [-0.2, 0) is 10.3 Å². The van der Waals surface area contributed by atoms with Crippen molar-refractivity contribution >= 4 is 23.2 Å². The molecule has 2 fully saturated rings. The van der Waals surface area contributed by atoms with Gasteiger partial charge in [0.1, 0.15) is 11.4 Å². The molecule has 2 aromatic carbocycles. The quantitative estimate of drug-likeness (QED) is 0.752. The van der Waals surface area contributed by atoms with Crippen LogP contribution in [0.5, 0.6) is 5.75 Å². The first-order valence-electron chi connectivity index (χ1n) is 6.98. The molecular formula is C17H14Cl2O2. The summed E-state index contributed by atoms with van der Waals surface area (Å²) in [4.78, 5) is 0. The third-order valence-corrected chi connectivity index (χ3v) is 4.81. The van der Waals surface area contributed by atoms with Crippen LogP contribution in [0.25, 0.3) is 0 Å². The summed E-state index contributed by atoms with van der Waals surface area (Å²) < 4.78 is 12.1. The van der Waals surface area contributed by atoms with Crippen molar-refractivity contribution in [2.45, 2.75) is 24.0 Å². The maximum absolute atomic E-state index is 6.26. The van der Waals surface area contributed by atoms with E-state index >= 15 is 0 Å². The van der Waals surface area contributed by atoms with E-state index in [-0.39, 0.29) is 11.2 Å². The zero-order valence-electron chi connectivity index (χ0n) is 11.3. The summed E-state index contributed by atoms with van der Waals surface area (Å²) in [6.45, 7) is 0.697. The summed E-state index contributed by atoms with van der Waals surface area (Å²) in [5.74, 6) is 0.834. The monoisotopic (exact) mass is 320 g/mol. The first-order chi connectivity index (χ1) is 10.1. The van der Waals surface area contributed by atoms with Crippen molar-refractivity contribution < 1.29 is 9.47 Å². The lowest BCUT2D eigenvalue weighted by Gasteiger charge is -2.25. The first kappa shape index (κ1) is 13.4. The molecular weight excluding hydrogens is 307 g/mol. The number of hydrogen-bond donors (Lipinski definition) is 0. The van der Waals surface area contributed by atoms with E-state index in [4.69, 9.17) is 32.7 Å². The Kier molecular flexibility index (Phi) is 2.97. The molecule has 0 aromatic heterocycles. The maximum atomic E-state index is 6.26. The second-order valence-electron chi connectivity index (χ2n) is 5.67. The van der Waals surface area contributed by atoms with Crippen molar-refractivity contribution in [2.24, 2.45) is 0 Å². The summed E-state index contributed by atoms with van der Waals surface area (Å²) in [6.07, 6.45) is 2.00. The fourth-order valence-electron chi connectivity index (χ4n) is 2.91. The summed E-state index contributed by atoms with van der Waals surface area (Å²) in [7, 11) is 0. The topological polar surface area (TPSA) is 21.8 Å². The fraction of sp³-hybridized carbons (Fsp3) is 0.294. The summed E-state index contributed by atoms with van der Waals surface area (Å²) in [5, 5.41) is 1.44. The first-order valence-corrected chi connectivity index (χ1v) is 7.74. The number of hydrogen-bond acceptors (Lipinski definition) is 2. The van der Waals surface area contributed by atoms with Crippen LogP contribution in [0.15, 0.2) is 48.5 Å². The fourth-order valence-corrected chi connectivity index (χ4v) is 3.17. The molecule has 108 valence electrons. The molecule has 0 amide bonds. The molecule has 1 heterocycles. The van der Waals surface area contributed by atoms with Gasteiger partial charge in [-0.05, 0) is 54.8 Å². The lowest BCUT2D eigenvalue weighted by molar-refractivity contribution is 0.0724. The van der Waals surface area contributed by atoms with Gasteiger partial charge in [-0.15, -0.1) is 0 Å². The van der Waals surface area contributed by atoms with Crippen LogP contribution < -0.4 is 4.74 Å². The Balaban J connectivity index is 1.62. The van der Waals surface area contributed by atoms with Gasteiger partial charge in [0.2, 0.25) is 0 Å². The minimum absolute atomic E-state index is 0.255. The second kappa shape index (κ2) is 4.64. The molecule has 2 aliphatic rings.